The van der Waals surface area contributed by atoms with E-state index in [-0.39, 0.29) is 5.41 Å². The normalized spacial score (nSPS) is 35.8. The Balaban J connectivity index is 1.41. The van der Waals surface area contributed by atoms with Gasteiger partial charge in [-0.25, -0.2) is 0 Å². The van der Waals surface area contributed by atoms with Crippen LogP contribution in [-0.2, 0) is 14.2 Å². The molecule has 0 spiro atoms. The summed E-state index contributed by atoms with van der Waals surface area (Å²) < 4.78 is 20.4. The number of hydrogen-bond acceptors (Lipinski definition) is 7. The lowest BCUT2D eigenvalue weighted by molar-refractivity contribution is -0.227. The molecule has 4 rings (SSSR count). The highest BCUT2D eigenvalue weighted by atomic mass is 16.5. The van der Waals surface area contributed by atoms with Crippen LogP contribution in [0, 0.1) is 46.3 Å². The summed E-state index contributed by atoms with van der Waals surface area (Å²) in [5.41, 5.74) is 18.3. The first-order valence-electron chi connectivity index (χ1n) is 22.0. The maximum atomic E-state index is 7.05. The van der Waals surface area contributed by atoms with E-state index in [0.717, 1.165) is 52.0 Å². The van der Waals surface area contributed by atoms with E-state index in [1.807, 2.05) is 0 Å². The summed E-state index contributed by atoms with van der Waals surface area (Å²) in [4.78, 5) is 0. The zero-order valence-corrected chi connectivity index (χ0v) is 33.5. The van der Waals surface area contributed by atoms with Gasteiger partial charge in [0, 0.05) is 25.2 Å². The topological polar surface area (TPSA) is 118 Å². The number of ether oxygens (including phenoxy) is 3. The van der Waals surface area contributed by atoms with Crippen molar-refractivity contribution in [2.24, 2.45) is 63.5 Å². The Bertz CT molecular complexity index is 909. The number of hydrogen-bond donors (Lipinski definition) is 4. The van der Waals surface area contributed by atoms with E-state index in [1.54, 1.807) is 0 Å². The van der Waals surface area contributed by atoms with Crippen LogP contribution in [0.1, 0.15) is 156 Å². The largest absolute Gasteiger partial charge is 0.378 e. The Hall–Kier alpha value is -0.280. The van der Waals surface area contributed by atoms with Gasteiger partial charge in [0.15, 0.2) is 0 Å². The second-order valence-electron chi connectivity index (χ2n) is 17.8. The molecule has 50 heavy (non-hydrogen) atoms. The van der Waals surface area contributed by atoms with Crippen molar-refractivity contribution in [3.63, 3.8) is 0 Å². The van der Waals surface area contributed by atoms with Crippen LogP contribution >= 0.6 is 0 Å². The van der Waals surface area contributed by atoms with E-state index in [4.69, 9.17) is 31.4 Å². The van der Waals surface area contributed by atoms with Gasteiger partial charge in [0.1, 0.15) is 0 Å². The SMILES string of the molecule is CCCCCCCCCCNCCC[C@@H](C)[C@H]1CC[C@H]2C3C(OCCCN)CC4C[C@H](OCCCN)CC[C@]4(C)[C@H]3C[C@H](OCCCN)[C@]12C. The maximum absolute atomic E-state index is 7.05. The highest BCUT2D eigenvalue weighted by molar-refractivity contribution is 5.15. The van der Waals surface area contributed by atoms with Crippen molar-refractivity contribution in [3.05, 3.63) is 0 Å². The molecule has 0 radical (unpaired) electrons. The van der Waals surface area contributed by atoms with Gasteiger partial charge in [-0.15, -0.1) is 0 Å². The van der Waals surface area contributed by atoms with Gasteiger partial charge in [-0.3, -0.25) is 0 Å². The summed E-state index contributed by atoms with van der Waals surface area (Å²) in [5.74, 6) is 3.92. The molecular weight excluding hydrogens is 620 g/mol. The molecule has 7 nitrogen and oxygen atoms in total. The molecule has 4 aliphatic carbocycles. The minimum atomic E-state index is 0.181. The number of nitrogens with two attached hydrogens (primary N) is 3. The van der Waals surface area contributed by atoms with Gasteiger partial charge in [0.05, 0.1) is 18.3 Å². The van der Waals surface area contributed by atoms with Crippen molar-refractivity contribution in [2.45, 2.75) is 174 Å². The second-order valence-corrected chi connectivity index (χ2v) is 17.8. The predicted octanol–water partition coefficient (Wildman–Crippen LogP) is 8.21. The Morgan fingerprint density at radius 2 is 1.32 bits per heavy atom. The lowest BCUT2D eigenvalue weighted by atomic mass is 9.43. The number of rotatable bonds is 26. The molecule has 0 aromatic carbocycles. The van der Waals surface area contributed by atoms with Gasteiger partial charge in [0.2, 0.25) is 0 Å². The van der Waals surface area contributed by atoms with E-state index in [2.05, 4.69) is 33.0 Å². The maximum Gasteiger partial charge on any atom is 0.0637 e. The first kappa shape index (κ1) is 42.5. The molecule has 11 atom stereocenters. The van der Waals surface area contributed by atoms with Gasteiger partial charge in [-0.05, 0) is 157 Å². The first-order chi connectivity index (χ1) is 24.3. The zero-order chi connectivity index (χ0) is 35.8. The van der Waals surface area contributed by atoms with Crippen LogP contribution in [0.15, 0.2) is 0 Å². The molecule has 3 unspecified atom stereocenters. The molecule has 4 aliphatic rings. The Morgan fingerprint density at radius 3 is 2.02 bits per heavy atom. The van der Waals surface area contributed by atoms with E-state index >= 15 is 0 Å². The lowest BCUT2D eigenvalue weighted by Crippen LogP contribution is -2.63. The standard InChI is InChI=1S/C43H84N4O3/c1-5-6-7-8-9-10-11-12-25-47-26-13-17-33(2)36-18-19-37-41-38(32-40(43(36,37)4)50-29-16-24-46)42(3)21-20-35(48-27-14-22-44)30-34(42)31-39(41)49-28-15-23-45/h33-41,47H,5-32,44-46H2,1-4H3/t33-,34?,35-,36-,37+,38+,39?,40+,41?,42+,43-/m1/s1. The Labute approximate surface area is 309 Å². The van der Waals surface area contributed by atoms with Gasteiger partial charge in [-0.1, -0.05) is 72.6 Å². The quantitative estimate of drug-likeness (QED) is 0.0671. The summed E-state index contributed by atoms with van der Waals surface area (Å²) in [6, 6.07) is 0. The van der Waals surface area contributed by atoms with E-state index in [9.17, 15) is 0 Å². The van der Waals surface area contributed by atoms with Crippen molar-refractivity contribution in [3.8, 4) is 0 Å². The van der Waals surface area contributed by atoms with Crippen molar-refractivity contribution in [1.29, 1.82) is 0 Å². The first-order valence-corrected chi connectivity index (χ1v) is 22.0. The van der Waals surface area contributed by atoms with Crippen LogP contribution in [0.3, 0.4) is 0 Å². The van der Waals surface area contributed by atoms with Crippen LogP contribution in [0.25, 0.3) is 0 Å². The number of nitrogens with one attached hydrogen (secondary N) is 1. The van der Waals surface area contributed by atoms with Crippen molar-refractivity contribution in [2.75, 3.05) is 52.5 Å². The van der Waals surface area contributed by atoms with Gasteiger partial charge >= 0.3 is 0 Å². The van der Waals surface area contributed by atoms with E-state index < -0.39 is 0 Å². The molecule has 0 aliphatic heterocycles. The predicted molar refractivity (Wildman–Crippen MR) is 210 cm³/mol. The molecule has 294 valence electrons. The van der Waals surface area contributed by atoms with Crippen molar-refractivity contribution >= 4 is 0 Å². The summed E-state index contributed by atoms with van der Waals surface area (Å²) >= 11 is 0. The average molecular weight is 705 g/mol. The smallest absolute Gasteiger partial charge is 0.0637 e. The Kier molecular flexibility index (Phi) is 18.8. The summed E-state index contributed by atoms with van der Waals surface area (Å²) in [6.07, 6.45) is 26.1. The minimum Gasteiger partial charge on any atom is -0.378 e. The van der Waals surface area contributed by atoms with Crippen LogP contribution < -0.4 is 22.5 Å². The van der Waals surface area contributed by atoms with Gasteiger partial charge in [-0.2, -0.15) is 0 Å². The van der Waals surface area contributed by atoms with E-state index in [0.29, 0.717) is 78.9 Å². The fourth-order valence-corrected chi connectivity index (χ4v) is 11.9. The molecule has 4 fully saturated rings. The van der Waals surface area contributed by atoms with Gasteiger partial charge in [0.25, 0.3) is 0 Å². The summed E-state index contributed by atoms with van der Waals surface area (Å²) in [6.45, 7) is 17.0. The van der Waals surface area contributed by atoms with Gasteiger partial charge < -0.3 is 36.7 Å². The third-order valence-electron chi connectivity index (χ3n) is 14.7. The third kappa shape index (κ3) is 10.9. The fourth-order valence-electron chi connectivity index (χ4n) is 11.9. The number of fused-ring (bicyclic) bond motifs is 5. The van der Waals surface area contributed by atoms with Crippen molar-refractivity contribution in [1.82, 2.24) is 5.32 Å². The highest BCUT2D eigenvalue weighted by Crippen LogP contribution is 2.69. The molecule has 0 saturated heterocycles. The molecule has 0 aromatic heterocycles. The van der Waals surface area contributed by atoms with Crippen LogP contribution in [0.2, 0.25) is 0 Å². The highest BCUT2D eigenvalue weighted by Gasteiger charge is 2.66. The fraction of sp³-hybridized carbons (Fsp3) is 1.00. The molecule has 0 bridgehead atoms. The Morgan fingerprint density at radius 1 is 0.680 bits per heavy atom. The zero-order valence-electron chi connectivity index (χ0n) is 33.5. The summed E-state index contributed by atoms with van der Waals surface area (Å²) in [5, 5.41) is 3.79. The minimum absolute atomic E-state index is 0.181. The van der Waals surface area contributed by atoms with Crippen LogP contribution in [0.4, 0.5) is 0 Å². The molecule has 0 heterocycles. The molecular formula is C43H84N4O3. The second kappa shape index (κ2) is 22.2. The summed E-state index contributed by atoms with van der Waals surface area (Å²) in [7, 11) is 0. The molecule has 7 heteroatoms. The third-order valence-corrected chi connectivity index (χ3v) is 14.7. The van der Waals surface area contributed by atoms with E-state index in [1.165, 1.54) is 109 Å². The lowest BCUT2D eigenvalue weighted by Gasteiger charge is -2.65. The van der Waals surface area contributed by atoms with Crippen molar-refractivity contribution < 1.29 is 14.2 Å². The van der Waals surface area contributed by atoms with Crippen LogP contribution in [-0.4, -0.2) is 70.9 Å². The molecule has 0 amide bonds. The molecule has 0 aromatic rings. The average Bonchev–Trinajstić information content (AvgIpc) is 3.47. The molecule has 4 saturated carbocycles. The molecule has 7 N–H and O–H groups in total. The van der Waals surface area contributed by atoms with Crippen LogP contribution in [0.5, 0.6) is 0 Å². The monoisotopic (exact) mass is 705 g/mol. The number of unbranched alkanes of at least 4 members (excludes halogenated alkanes) is 7.